The highest BCUT2D eigenvalue weighted by Crippen LogP contribution is 1.98. The van der Waals surface area contributed by atoms with Crippen LogP contribution in [0.3, 0.4) is 0 Å². The van der Waals surface area contributed by atoms with Gasteiger partial charge in [-0.3, -0.25) is 4.94 Å². The van der Waals surface area contributed by atoms with Crippen LogP contribution in [0.25, 0.3) is 0 Å². The third-order valence-electron chi connectivity index (χ3n) is 1.44. The van der Waals surface area contributed by atoms with Gasteiger partial charge in [0.05, 0.1) is 12.7 Å². The van der Waals surface area contributed by atoms with Crippen LogP contribution in [-0.2, 0) is 19.2 Å². The molecule has 2 unspecified atom stereocenters. The van der Waals surface area contributed by atoms with E-state index in [1.165, 1.54) is 6.92 Å². The zero-order chi connectivity index (χ0) is 10.3. The molecule has 0 aliphatic rings. The molecule has 0 spiro atoms. The van der Waals surface area contributed by atoms with Crippen LogP contribution in [0.4, 0.5) is 4.53 Å². The smallest absolute Gasteiger partial charge is 0.376 e. The second-order valence-corrected chi connectivity index (χ2v) is 2.64. The van der Waals surface area contributed by atoms with Crippen LogP contribution in [0, 0.1) is 0 Å². The van der Waals surface area contributed by atoms with E-state index in [4.69, 9.17) is 9.47 Å². The van der Waals surface area contributed by atoms with E-state index in [2.05, 4.69) is 4.94 Å². The number of carbonyl (C=O) groups is 1. The summed E-state index contributed by atoms with van der Waals surface area (Å²) in [6.07, 6.45) is -1.01. The maximum atomic E-state index is 11.3. The Morgan fingerprint density at radius 3 is 2.36 bits per heavy atom. The second-order valence-electron chi connectivity index (χ2n) is 2.64. The summed E-state index contributed by atoms with van der Waals surface area (Å²) in [6.45, 7) is 5.89. The van der Waals surface area contributed by atoms with Crippen LogP contribution < -0.4 is 6.15 Å². The van der Waals surface area contributed by atoms with Gasteiger partial charge in [0, 0.05) is 11.1 Å². The summed E-state index contributed by atoms with van der Waals surface area (Å²) in [7, 11) is 0. The average molecular weight is 211 g/mol. The van der Waals surface area contributed by atoms with Crippen molar-refractivity contribution in [1.29, 1.82) is 0 Å². The Morgan fingerprint density at radius 2 is 1.93 bits per heavy atom. The number of hydrogen-bond acceptors (Lipinski definition) is 5. The molecule has 0 aromatic rings. The van der Waals surface area contributed by atoms with Crippen molar-refractivity contribution in [2.45, 2.75) is 33.0 Å². The Bertz CT molecular complexity index is 156. The van der Waals surface area contributed by atoms with Gasteiger partial charge >= 0.3 is 5.97 Å². The molecular weight excluding hydrogens is 193 g/mol. The van der Waals surface area contributed by atoms with Crippen molar-refractivity contribution < 1.29 is 23.7 Å². The molecule has 0 fully saturated rings. The number of hydrogen-bond donors (Lipinski definition) is 1. The fourth-order valence-corrected chi connectivity index (χ4v) is 0.743. The van der Waals surface area contributed by atoms with Crippen molar-refractivity contribution in [3.8, 4) is 0 Å². The molecule has 0 aromatic carbocycles. The van der Waals surface area contributed by atoms with Gasteiger partial charge in [0.2, 0.25) is 0 Å². The van der Waals surface area contributed by atoms with Gasteiger partial charge in [-0.05, 0) is 20.8 Å². The number of rotatable bonds is 6. The fraction of sp³-hybridized carbons (Fsp3) is 0.875. The van der Waals surface area contributed by atoms with Crippen molar-refractivity contribution in [2.24, 2.45) is 0 Å². The van der Waals surface area contributed by atoms with Crippen molar-refractivity contribution >= 4 is 5.97 Å². The molecule has 6 heteroatoms. The summed E-state index contributed by atoms with van der Waals surface area (Å²) in [5, 5.41) is 0. The van der Waals surface area contributed by atoms with E-state index in [1.807, 2.05) is 6.92 Å². The lowest BCUT2D eigenvalue weighted by molar-refractivity contribution is -0.197. The molecule has 0 heterocycles. The molecule has 0 radical (unpaired) electrons. The van der Waals surface area contributed by atoms with Gasteiger partial charge < -0.3 is 15.6 Å². The third kappa shape index (κ3) is 6.76. The minimum Gasteiger partial charge on any atom is -0.376 e. The Hall–Kier alpha value is -0.720. The summed E-state index contributed by atoms with van der Waals surface area (Å²) in [4.78, 5) is 13.5. The zero-order valence-electron chi connectivity index (χ0n) is 8.79. The number of halogens is 1. The second kappa shape index (κ2) is 8.86. The molecule has 3 N–H and O–H groups in total. The lowest BCUT2D eigenvalue weighted by Crippen LogP contribution is -2.26. The molecule has 0 saturated heterocycles. The minimum absolute atomic E-state index is 0. The summed E-state index contributed by atoms with van der Waals surface area (Å²) in [5.41, 5.74) is 0. The number of ether oxygens (including phenoxy) is 2. The third-order valence-corrected chi connectivity index (χ3v) is 1.44. The highest BCUT2D eigenvalue weighted by Gasteiger charge is 2.16. The highest BCUT2D eigenvalue weighted by atomic mass is 19.3. The minimum atomic E-state index is -1.02. The van der Waals surface area contributed by atoms with Crippen LogP contribution in [0.1, 0.15) is 20.8 Å². The van der Waals surface area contributed by atoms with Gasteiger partial charge in [-0.2, -0.15) is 0 Å². The van der Waals surface area contributed by atoms with Crippen molar-refractivity contribution in [3.63, 3.8) is 0 Å². The summed E-state index contributed by atoms with van der Waals surface area (Å²) >= 11 is 0. The Kier molecular flexibility index (Phi) is 9.96. The first-order chi connectivity index (χ1) is 6.11. The summed E-state index contributed by atoms with van der Waals surface area (Å²) in [5.74, 6) is -1.02. The van der Waals surface area contributed by atoms with E-state index < -0.39 is 12.1 Å². The monoisotopic (exact) mass is 211 g/mol. The van der Waals surface area contributed by atoms with Gasteiger partial charge in [0.15, 0.2) is 6.10 Å². The Balaban J connectivity index is 0. The zero-order valence-corrected chi connectivity index (χ0v) is 8.79. The molecule has 0 rings (SSSR count). The van der Waals surface area contributed by atoms with E-state index >= 15 is 0 Å². The normalized spacial score (nSPS) is 14.0. The predicted octanol–water partition coefficient (Wildman–Crippen LogP) is 1.41. The van der Waals surface area contributed by atoms with Gasteiger partial charge in [-0.25, -0.2) is 4.79 Å². The van der Waals surface area contributed by atoms with E-state index in [0.29, 0.717) is 6.61 Å². The molecule has 0 aromatic heterocycles. The van der Waals surface area contributed by atoms with Crippen LogP contribution in [0.2, 0.25) is 0 Å². The largest absolute Gasteiger partial charge is 0.376 e. The van der Waals surface area contributed by atoms with Crippen LogP contribution >= 0.6 is 0 Å². The van der Waals surface area contributed by atoms with E-state index in [1.54, 1.807) is 6.92 Å². The lowest BCUT2D eigenvalue weighted by atomic mass is 10.4. The highest BCUT2D eigenvalue weighted by molar-refractivity contribution is 5.73. The predicted molar refractivity (Wildman–Crippen MR) is 48.7 cm³/mol. The first kappa shape index (κ1) is 15.7. The SMILES string of the molecule is CCOC(C)COC(C)C(=O)OF.N. The average Bonchev–Trinajstić information content (AvgIpc) is 2.13. The molecule has 5 nitrogen and oxygen atoms in total. The number of carbonyl (C=O) groups excluding carboxylic acids is 1. The lowest BCUT2D eigenvalue weighted by Gasteiger charge is -2.14. The van der Waals surface area contributed by atoms with Gasteiger partial charge in [0.1, 0.15) is 0 Å². The van der Waals surface area contributed by atoms with Crippen molar-refractivity contribution in [1.82, 2.24) is 6.15 Å². The maximum Gasteiger partial charge on any atom is 0.376 e. The van der Waals surface area contributed by atoms with E-state index in [-0.39, 0.29) is 18.9 Å². The Labute approximate surface area is 83.0 Å². The van der Waals surface area contributed by atoms with E-state index in [9.17, 15) is 9.32 Å². The summed E-state index contributed by atoms with van der Waals surface area (Å²) < 4.78 is 21.5. The maximum absolute atomic E-state index is 11.3. The summed E-state index contributed by atoms with van der Waals surface area (Å²) in [6, 6.07) is 0. The standard InChI is InChI=1S/C8H15FO4.H3N/c1-4-11-6(2)5-12-7(3)8(10)13-9;/h6-7H,4-5H2,1-3H3;1H3. The molecular formula is C8H18FNO4. The molecule has 0 aliphatic carbocycles. The van der Waals surface area contributed by atoms with E-state index in [0.717, 1.165) is 0 Å². The first-order valence-corrected chi connectivity index (χ1v) is 4.17. The molecule has 0 aliphatic heterocycles. The fourth-order valence-electron chi connectivity index (χ4n) is 0.743. The van der Waals surface area contributed by atoms with Crippen molar-refractivity contribution in [2.75, 3.05) is 13.2 Å². The molecule has 14 heavy (non-hydrogen) atoms. The molecule has 0 amide bonds. The van der Waals surface area contributed by atoms with Crippen LogP contribution in [0.15, 0.2) is 0 Å². The Morgan fingerprint density at radius 1 is 1.36 bits per heavy atom. The van der Waals surface area contributed by atoms with Crippen molar-refractivity contribution in [3.05, 3.63) is 0 Å². The quantitative estimate of drug-likeness (QED) is 0.718. The molecule has 0 saturated carbocycles. The van der Waals surface area contributed by atoms with Crippen LogP contribution in [0.5, 0.6) is 0 Å². The van der Waals surface area contributed by atoms with Crippen LogP contribution in [-0.4, -0.2) is 31.4 Å². The molecule has 2 atom stereocenters. The molecule has 86 valence electrons. The van der Waals surface area contributed by atoms with Gasteiger partial charge in [-0.1, -0.05) is 0 Å². The first-order valence-electron chi connectivity index (χ1n) is 4.17. The van der Waals surface area contributed by atoms with Gasteiger partial charge in [-0.15, -0.1) is 0 Å². The van der Waals surface area contributed by atoms with Gasteiger partial charge in [0.25, 0.3) is 0 Å². The molecule has 0 bridgehead atoms. The topological polar surface area (TPSA) is 79.8 Å².